The Morgan fingerprint density at radius 1 is 1.27 bits per heavy atom. The van der Waals surface area contributed by atoms with E-state index in [1.807, 2.05) is 12.1 Å². The van der Waals surface area contributed by atoms with Crippen LogP contribution in [0.3, 0.4) is 0 Å². The molecule has 2 heteroatoms. The van der Waals surface area contributed by atoms with Crippen LogP contribution < -0.4 is 10.5 Å². The van der Waals surface area contributed by atoms with Gasteiger partial charge in [-0.1, -0.05) is 32.4 Å². The molecule has 0 aliphatic heterocycles. The number of rotatable bonds is 6. The van der Waals surface area contributed by atoms with Crippen LogP contribution in [0.2, 0.25) is 0 Å². The molecule has 0 radical (unpaired) electrons. The van der Waals surface area contributed by atoms with Gasteiger partial charge >= 0.3 is 0 Å². The first-order valence-electron chi connectivity index (χ1n) is 5.76. The van der Waals surface area contributed by atoms with Crippen molar-refractivity contribution in [3.05, 3.63) is 29.8 Å². The van der Waals surface area contributed by atoms with Gasteiger partial charge in [-0.25, -0.2) is 0 Å². The molecule has 0 aliphatic rings. The van der Waals surface area contributed by atoms with Crippen molar-refractivity contribution in [2.75, 3.05) is 6.61 Å². The fourth-order valence-corrected chi connectivity index (χ4v) is 1.53. The van der Waals surface area contributed by atoms with Gasteiger partial charge in [0, 0.05) is 6.04 Å². The first-order valence-corrected chi connectivity index (χ1v) is 5.76. The lowest BCUT2D eigenvalue weighted by Crippen LogP contribution is -2.09. The Labute approximate surface area is 92.4 Å². The van der Waals surface area contributed by atoms with Crippen LogP contribution in [0.5, 0.6) is 5.75 Å². The fourth-order valence-electron chi connectivity index (χ4n) is 1.53. The predicted octanol–water partition coefficient (Wildman–Crippen LogP) is 3.28. The van der Waals surface area contributed by atoms with Crippen molar-refractivity contribution in [3.8, 4) is 5.75 Å². The molecule has 0 saturated carbocycles. The standard InChI is InChI=1S/C13H21NO/c1-3-6-13(14)11-7-5-8-12(10-11)15-9-4-2/h5,7-8,10,13H,3-4,6,9,14H2,1-2H3. The van der Waals surface area contributed by atoms with Crippen LogP contribution in [0.15, 0.2) is 24.3 Å². The maximum Gasteiger partial charge on any atom is 0.119 e. The molecule has 0 fully saturated rings. The summed E-state index contributed by atoms with van der Waals surface area (Å²) in [6.45, 7) is 5.02. The zero-order chi connectivity index (χ0) is 11.1. The second-order valence-electron chi connectivity index (χ2n) is 3.82. The summed E-state index contributed by atoms with van der Waals surface area (Å²) >= 11 is 0. The van der Waals surface area contributed by atoms with Gasteiger partial charge in [-0.15, -0.1) is 0 Å². The Morgan fingerprint density at radius 2 is 2.07 bits per heavy atom. The van der Waals surface area contributed by atoms with Gasteiger partial charge in [0.2, 0.25) is 0 Å². The highest BCUT2D eigenvalue weighted by Gasteiger charge is 2.05. The Bertz CT molecular complexity index is 286. The van der Waals surface area contributed by atoms with Gasteiger partial charge < -0.3 is 10.5 Å². The van der Waals surface area contributed by atoms with Gasteiger partial charge in [-0.3, -0.25) is 0 Å². The van der Waals surface area contributed by atoms with E-state index >= 15 is 0 Å². The van der Waals surface area contributed by atoms with Crippen molar-refractivity contribution in [1.29, 1.82) is 0 Å². The topological polar surface area (TPSA) is 35.2 Å². The molecule has 1 atom stereocenters. The lowest BCUT2D eigenvalue weighted by molar-refractivity contribution is 0.317. The number of nitrogens with two attached hydrogens (primary N) is 1. The zero-order valence-electron chi connectivity index (χ0n) is 9.70. The molecule has 1 aromatic rings. The highest BCUT2D eigenvalue weighted by molar-refractivity contribution is 5.30. The summed E-state index contributed by atoms with van der Waals surface area (Å²) in [6.07, 6.45) is 3.17. The van der Waals surface area contributed by atoms with E-state index in [0.717, 1.165) is 31.6 Å². The van der Waals surface area contributed by atoms with E-state index in [4.69, 9.17) is 10.5 Å². The highest BCUT2D eigenvalue weighted by atomic mass is 16.5. The highest BCUT2D eigenvalue weighted by Crippen LogP contribution is 2.20. The molecule has 0 heterocycles. The normalized spacial score (nSPS) is 12.5. The molecule has 0 spiro atoms. The molecule has 1 rings (SSSR count). The molecule has 15 heavy (non-hydrogen) atoms. The first kappa shape index (κ1) is 12.1. The predicted molar refractivity (Wildman–Crippen MR) is 64.1 cm³/mol. The first-order chi connectivity index (χ1) is 7.27. The van der Waals surface area contributed by atoms with Gasteiger partial charge in [0.15, 0.2) is 0 Å². The third-order valence-corrected chi connectivity index (χ3v) is 2.36. The second kappa shape index (κ2) is 6.46. The van der Waals surface area contributed by atoms with Crippen LogP contribution in [0.25, 0.3) is 0 Å². The van der Waals surface area contributed by atoms with Gasteiger partial charge in [0.05, 0.1) is 6.61 Å². The van der Waals surface area contributed by atoms with Crippen molar-refractivity contribution in [2.24, 2.45) is 5.73 Å². The molecule has 2 nitrogen and oxygen atoms in total. The van der Waals surface area contributed by atoms with Crippen molar-refractivity contribution >= 4 is 0 Å². The summed E-state index contributed by atoms with van der Waals surface area (Å²) in [5.41, 5.74) is 7.22. The van der Waals surface area contributed by atoms with E-state index in [9.17, 15) is 0 Å². The molecule has 0 aliphatic carbocycles. The van der Waals surface area contributed by atoms with Crippen LogP contribution in [0, 0.1) is 0 Å². The second-order valence-corrected chi connectivity index (χ2v) is 3.82. The third-order valence-electron chi connectivity index (χ3n) is 2.36. The minimum atomic E-state index is 0.139. The maximum atomic E-state index is 6.05. The maximum absolute atomic E-state index is 6.05. The smallest absolute Gasteiger partial charge is 0.119 e. The lowest BCUT2D eigenvalue weighted by Gasteiger charge is -2.12. The minimum Gasteiger partial charge on any atom is -0.494 e. The molecule has 2 N–H and O–H groups in total. The fraction of sp³-hybridized carbons (Fsp3) is 0.538. The summed E-state index contributed by atoms with van der Waals surface area (Å²) < 4.78 is 5.57. The molecular weight excluding hydrogens is 186 g/mol. The Kier molecular flexibility index (Phi) is 5.19. The molecule has 0 aromatic heterocycles. The van der Waals surface area contributed by atoms with Crippen LogP contribution in [0.4, 0.5) is 0 Å². The van der Waals surface area contributed by atoms with E-state index in [-0.39, 0.29) is 6.04 Å². The summed E-state index contributed by atoms with van der Waals surface area (Å²) in [6, 6.07) is 8.25. The minimum absolute atomic E-state index is 0.139. The van der Waals surface area contributed by atoms with Crippen LogP contribution in [0.1, 0.15) is 44.7 Å². The molecule has 1 unspecified atom stereocenters. The van der Waals surface area contributed by atoms with Crippen molar-refractivity contribution in [1.82, 2.24) is 0 Å². The van der Waals surface area contributed by atoms with Crippen molar-refractivity contribution in [2.45, 2.75) is 39.2 Å². The molecule has 0 amide bonds. The lowest BCUT2D eigenvalue weighted by atomic mass is 10.0. The number of hydrogen-bond donors (Lipinski definition) is 1. The zero-order valence-corrected chi connectivity index (χ0v) is 9.70. The van der Waals surface area contributed by atoms with E-state index in [0.29, 0.717) is 0 Å². The molecular formula is C13H21NO. The number of ether oxygens (including phenoxy) is 1. The van der Waals surface area contributed by atoms with Gasteiger partial charge in [-0.2, -0.15) is 0 Å². The van der Waals surface area contributed by atoms with Crippen LogP contribution >= 0.6 is 0 Å². The number of hydrogen-bond acceptors (Lipinski definition) is 2. The summed E-state index contributed by atoms with van der Waals surface area (Å²) in [4.78, 5) is 0. The summed E-state index contributed by atoms with van der Waals surface area (Å²) in [7, 11) is 0. The van der Waals surface area contributed by atoms with E-state index in [2.05, 4.69) is 26.0 Å². The average Bonchev–Trinajstić information content (AvgIpc) is 2.27. The van der Waals surface area contributed by atoms with E-state index in [1.165, 1.54) is 5.56 Å². The monoisotopic (exact) mass is 207 g/mol. The third kappa shape index (κ3) is 3.92. The van der Waals surface area contributed by atoms with Crippen molar-refractivity contribution < 1.29 is 4.74 Å². The quantitative estimate of drug-likeness (QED) is 0.777. The molecule has 0 bridgehead atoms. The largest absolute Gasteiger partial charge is 0.494 e. The van der Waals surface area contributed by atoms with E-state index in [1.54, 1.807) is 0 Å². The molecule has 84 valence electrons. The molecule has 0 saturated heterocycles. The number of benzene rings is 1. The van der Waals surface area contributed by atoms with Crippen LogP contribution in [-0.4, -0.2) is 6.61 Å². The SMILES string of the molecule is CCCOc1cccc(C(N)CCC)c1. The van der Waals surface area contributed by atoms with E-state index < -0.39 is 0 Å². The van der Waals surface area contributed by atoms with Gasteiger partial charge in [0.25, 0.3) is 0 Å². The van der Waals surface area contributed by atoms with Gasteiger partial charge in [-0.05, 0) is 30.5 Å². The van der Waals surface area contributed by atoms with Crippen molar-refractivity contribution in [3.63, 3.8) is 0 Å². The van der Waals surface area contributed by atoms with Gasteiger partial charge in [0.1, 0.15) is 5.75 Å². The molecule has 1 aromatic carbocycles. The summed E-state index contributed by atoms with van der Waals surface area (Å²) in [5.74, 6) is 0.931. The average molecular weight is 207 g/mol. The Morgan fingerprint density at radius 3 is 2.73 bits per heavy atom. The summed E-state index contributed by atoms with van der Waals surface area (Å²) in [5, 5.41) is 0. The Hall–Kier alpha value is -1.02. The Balaban J connectivity index is 2.64. The van der Waals surface area contributed by atoms with Crippen LogP contribution in [-0.2, 0) is 0 Å².